The first kappa shape index (κ1) is 13.3. The van der Waals surface area contributed by atoms with Gasteiger partial charge in [0.25, 0.3) is 0 Å². The van der Waals surface area contributed by atoms with Crippen LogP contribution in [-0.2, 0) is 0 Å². The van der Waals surface area contributed by atoms with Crippen molar-refractivity contribution in [3.8, 4) is 0 Å². The molecule has 0 amide bonds. The van der Waals surface area contributed by atoms with Gasteiger partial charge in [-0.25, -0.2) is 0 Å². The first-order valence-corrected chi connectivity index (χ1v) is 6.19. The molecule has 0 atom stereocenters. The second kappa shape index (κ2) is 5.55. The van der Waals surface area contributed by atoms with Crippen LogP contribution in [0.2, 0.25) is 0 Å². The van der Waals surface area contributed by atoms with E-state index in [0.717, 1.165) is 21.4 Å². The molecular formula is C12H19BrN2O. The molecule has 0 aliphatic carbocycles. The highest BCUT2D eigenvalue weighted by Gasteiger charge is 2.14. The SMILES string of the molecule is Cc1cc(N(CCO)C(C)C)c(Br)cc1N. The summed E-state index contributed by atoms with van der Waals surface area (Å²) < 4.78 is 0.970. The van der Waals surface area contributed by atoms with Crippen molar-refractivity contribution in [1.82, 2.24) is 0 Å². The van der Waals surface area contributed by atoms with Crippen LogP contribution in [0.4, 0.5) is 11.4 Å². The Labute approximate surface area is 105 Å². The zero-order valence-corrected chi connectivity index (χ0v) is 11.6. The average Bonchev–Trinajstić information content (AvgIpc) is 2.20. The molecular weight excluding hydrogens is 268 g/mol. The third-order valence-corrected chi connectivity index (χ3v) is 3.24. The number of rotatable bonds is 4. The Hall–Kier alpha value is -0.740. The minimum Gasteiger partial charge on any atom is -0.398 e. The van der Waals surface area contributed by atoms with Gasteiger partial charge < -0.3 is 15.7 Å². The van der Waals surface area contributed by atoms with Gasteiger partial charge in [0.1, 0.15) is 0 Å². The van der Waals surface area contributed by atoms with Crippen molar-refractivity contribution in [2.45, 2.75) is 26.8 Å². The van der Waals surface area contributed by atoms with E-state index in [0.29, 0.717) is 12.6 Å². The molecule has 16 heavy (non-hydrogen) atoms. The number of aliphatic hydroxyl groups is 1. The van der Waals surface area contributed by atoms with Crippen LogP contribution in [-0.4, -0.2) is 24.3 Å². The van der Waals surface area contributed by atoms with E-state index < -0.39 is 0 Å². The Kier molecular flexibility index (Phi) is 4.62. The van der Waals surface area contributed by atoms with Crippen molar-refractivity contribution >= 4 is 27.3 Å². The van der Waals surface area contributed by atoms with Gasteiger partial charge in [-0.2, -0.15) is 0 Å². The van der Waals surface area contributed by atoms with Crippen molar-refractivity contribution in [1.29, 1.82) is 0 Å². The molecule has 0 unspecified atom stereocenters. The zero-order chi connectivity index (χ0) is 12.3. The van der Waals surface area contributed by atoms with E-state index in [4.69, 9.17) is 10.8 Å². The Balaban J connectivity index is 3.13. The van der Waals surface area contributed by atoms with Crippen LogP contribution in [0.15, 0.2) is 16.6 Å². The van der Waals surface area contributed by atoms with E-state index in [1.807, 2.05) is 13.0 Å². The Morgan fingerprint density at radius 1 is 1.44 bits per heavy atom. The van der Waals surface area contributed by atoms with Gasteiger partial charge in [0, 0.05) is 22.7 Å². The summed E-state index contributed by atoms with van der Waals surface area (Å²) in [5.74, 6) is 0. The molecule has 0 radical (unpaired) electrons. The molecule has 0 aliphatic heterocycles. The fraction of sp³-hybridized carbons (Fsp3) is 0.500. The molecule has 4 heteroatoms. The number of benzene rings is 1. The first-order valence-electron chi connectivity index (χ1n) is 5.40. The molecule has 0 saturated carbocycles. The van der Waals surface area contributed by atoms with E-state index in [9.17, 15) is 0 Å². The minimum absolute atomic E-state index is 0.147. The highest BCUT2D eigenvalue weighted by molar-refractivity contribution is 9.10. The van der Waals surface area contributed by atoms with Crippen LogP contribution in [0.3, 0.4) is 0 Å². The number of nitrogens with two attached hydrogens (primary N) is 1. The molecule has 3 nitrogen and oxygen atoms in total. The molecule has 0 aliphatic rings. The minimum atomic E-state index is 0.147. The van der Waals surface area contributed by atoms with Gasteiger partial charge in [0.15, 0.2) is 0 Å². The number of hydrogen-bond donors (Lipinski definition) is 2. The topological polar surface area (TPSA) is 49.5 Å². The van der Waals surface area contributed by atoms with Crippen LogP contribution < -0.4 is 10.6 Å². The van der Waals surface area contributed by atoms with Crippen molar-refractivity contribution in [2.24, 2.45) is 0 Å². The molecule has 1 aromatic carbocycles. The fourth-order valence-electron chi connectivity index (χ4n) is 1.67. The number of hydrogen-bond acceptors (Lipinski definition) is 3. The second-order valence-corrected chi connectivity index (χ2v) is 5.03. The smallest absolute Gasteiger partial charge is 0.0606 e. The van der Waals surface area contributed by atoms with Gasteiger partial charge in [-0.05, 0) is 54.4 Å². The molecule has 0 spiro atoms. The summed E-state index contributed by atoms with van der Waals surface area (Å²) in [6.45, 7) is 6.97. The quantitative estimate of drug-likeness (QED) is 0.837. The number of aryl methyl sites for hydroxylation is 1. The molecule has 0 saturated heterocycles. The molecule has 1 aromatic rings. The molecule has 0 fully saturated rings. The third kappa shape index (κ3) is 2.89. The lowest BCUT2D eigenvalue weighted by Crippen LogP contribution is -2.33. The number of nitrogen functional groups attached to an aromatic ring is 1. The normalized spacial score (nSPS) is 10.9. The number of halogens is 1. The maximum atomic E-state index is 9.08. The van der Waals surface area contributed by atoms with E-state index in [1.54, 1.807) is 0 Å². The molecule has 0 bridgehead atoms. The lowest BCUT2D eigenvalue weighted by atomic mass is 10.1. The summed E-state index contributed by atoms with van der Waals surface area (Å²) in [7, 11) is 0. The Morgan fingerprint density at radius 2 is 2.06 bits per heavy atom. The summed E-state index contributed by atoms with van der Waals surface area (Å²) in [5, 5.41) is 9.08. The van der Waals surface area contributed by atoms with Crippen molar-refractivity contribution in [3.63, 3.8) is 0 Å². The van der Waals surface area contributed by atoms with Crippen LogP contribution in [0.5, 0.6) is 0 Å². The lowest BCUT2D eigenvalue weighted by Gasteiger charge is -2.29. The average molecular weight is 287 g/mol. The van der Waals surface area contributed by atoms with Gasteiger partial charge in [-0.1, -0.05) is 0 Å². The van der Waals surface area contributed by atoms with E-state index in [2.05, 4.69) is 40.7 Å². The number of nitrogens with zero attached hydrogens (tertiary/aromatic N) is 1. The monoisotopic (exact) mass is 286 g/mol. The van der Waals surface area contributed by atoms with Crippen molar-refractivity contribution in [2.75, 3.05) is 23.8 Å². The van der Waals surface area contributed by atoms with Crippen LogP contribution in [0.25, 0.3) is 0 Å². The second-order valence-electron chi connectivity index (χ2n) is 4.17. The molecule has 0 aromatic heterocycles. The molecule has 1 rings (SSSR count). The zero-order valence-electron chi connectivity index (χ0n) is 10.00. The highest BCUT2D eigenvalue weighted by atomic mass is 79.9. The Bertz CT molecular complexity index is 366. The van der Waals surface area contributed by atoms with Crippen molar-refractivity contribution in [3.05, 3.63) is 22.2 Å². The van der Waals surface area contributed by atoms with E-state index in [1.165, 1.54) is 0 Å². The van der Waals surface area contributed by atoms with Gasteiger partial charge in [-0.3, -0.25) is 0 Å². The largest absolute Gasteiger partial charge is 0.398 e. The summed E-state index contributed by atoms with van der Waals surface area (Å²) in [5.41, 5.74) is 8.76. The van der Waals surface area contributed by atoms with Gasteiger partial charge in [-0.15, -0.1) is 0 Å². The van der Waals surface area contributed by atoms with Crippen LogP contribution >= 0.6 is 15.9 Å². The van der Waals surface area contributed by atoms with E-state index in [-0.39, 0.29) is 6.61 Å². The summed E-state index contributed by atoms with van der Waals surface area (Å²) >= 11 is 3.52. The fourth-order valence-corrected chi connectivity index (χ4v) is 2.26. The predicted molar refractivity (Wildman–Crippen MR) is 72.9 cm³/mol. The van der Waals surface area contributed by atoms with Gasteiger partial charge in [0.2, 0.25) is 0 Å². The lowest BCUT2D eigenvalue weighted by molar-refractivity contribution is 0.299. The van der Waals surface area contributed by atoms with E-state index >= 15 is 0 Å². The Morgan fingerprint density at radius 3 is 2.56 bits per heavy atom. The standard InChI is InChI=1S/C12H19BrN2O/c1-8(2)15(4-5-16)12-6-9(3)11(14)7-10(12)13/h6-8,16H,4-5,14H2,1-3H3. The van der Waals surface area contributed by atoms with Crippen LogP contribution in [0.1, 0.15) is 19.4 Å². The number of anilines is 2. The maximum absolute atomic E-state index is 9.08. The summed E-state index contributed by atoms with van der Waals surface area (Å²) in [4.78, 5) is 2.15. The maximum Gasteiger partial charge on any atom is 0.0606 e. The van der Waals surface area contributed by atoms with Gasteiger partial charge in [0.05, 0.1) is 12.3 Å². The van der Waals surface area contributed by atoms with Gasteiger partial charge >= 0.3 is 0 Å². The van der Waals surface area contributed by atoms with Crippen LogP contribution in [0, 0.1) is 6.92 Å². The number of aliphatic hydroxyl groups excluding tert-OH is 1. The molecule has 3 N–H and O–H groups in total. The highest BCUT2D eigenvalue weighted by Crippen LogP contribution is 2.31. The summed E-state index contributed by atoms with van der Waals surface area (Å²) in [6.07, 6.45) is 0. The molecule has 0 heterocycles. The van der Waals surface area contributed by atoms with Crippen molar-refractivity contribution < 1.29 is 5.11 Å². The predicted octanol–water partition coefficient (Wildman–Crippen LogP) is 2.55. The summed E-state index contributed by atoms with van der Waals surface area (Å²) in [6, 6.07) is 4.30. The third-order valence-electron chi connectivity index (χ3n) is 2.61. The molecule has 90 valence electrons. The first-order chi connectivity index (χ1) is 7.47.